The number of aromatic nitrogens is 1. The Bertz CT molecular complexity index is 730. The van der Waals surface area contributed by atoms with Gasteiger partial charge >= 0.3 is 6.09 Å². The summed E-state index contributed by atoms with van der Waals surface area (Å²) in [7, 11) is 1.98. The van der Waals surface area contributed by atoms with Crippen molar-refractivity contribution < 1.29 is 14.3 Å². The number of hydrogen-bond acceptors (Lipinski definition) is 3. The maximum atomic E-state index is 12.6. The molecule has 0 atom stereocenters. The quantitative estimate of drug-likeness (QED) is 0.853. The predicted octanol–water partition coefficient (Wildman–Crippen LogP) is 2.09. The highest BCUT2D eigenvalue weighted by Gasteiger charge is 2.25. The van der Waals surface area contributed by atoms with Crippen LogP contribution >= 0.6 is 0 Å². The predicted molar refractivity (Wildman–Crippen MR) is 87.4 cm³/mol. The van der Waals surface area contributed by atoms with Crippen molar-refractivity contribution in [3.8, 4) is 0 Å². The van der Waals surface area contributed by atoms with Gasteiger partial charge in [0.25, 0.3) is 5.91 Å². The van der Waals surface area contributed by atoms with E-state index in [0.29, 0.717) is 38.3 Å². The van der Waals surface area contributed by atoms with Gasteiger partial charge in [-0.3, -0.25) is 4.79 Å². The molecule has 23 heavy (non-hydrogen) atoms. The van der Waals surface area contributed by atoms with Crippen LogP contribution < -0.4 is 0 Å². The van der Waals surface area contributed by atoms with Crippen molar-refractivity contribution in [3.05, 3.63) is 36.0 Å². The summed E-state index contributed by atoms with van der Waals surface area (Å²) in [5.74, 6) is 0.0132. The van der Waals surface area contributed by atoms with Crippen LogP contribution in [0, 0.1) is 0 Å². The second kappa shape index (κ2) is 6.32. The normalized spacial score (nSPS) is 15.0. The molecule has 6 nitrogen and oxygen atoms in total. The molecule has 1 aliphatic rings. The highest BCUT2D eigenvalue weighted by atomic mass is 16.6. The molecule has 0 unspecified atom stereocenters. The fourth-order valence-electron chi connectivity index (χ4n) is 2.90. The molecule has 122 valence electrons. The van der Waals surface area contributed by atoms with Crippen LogP contribution in [0.2, 0.25) is 0 Å². The van der Waals surface area contributed by atoms with Crippen molar-refractivity contribution in [1.82, 2.24) is 14.4 Å². The van der Waals surface area contributed by atoms with Gasteiger partial charge in [0, 0.05) is 55.9 Å². The first kappa shape index (κ1) is 15.4. The number of fused-ring (bicyclic) bond motifs is 1. The van der Waals surface area contributed by atoms with Crippen molar-refractivity contribution >= 4 is 22.9 Å². The summed E-state index contributed by atoms with van der Waals surface area (Å²) in [6.07, 6.45) is 1.68. The van der Waals surface area contributed by atoms with Crippen LogP contribution in [0.3, 0.4) is 0 Å². The average molecular weight is 315 g/mol. The van der Waals surface area contributed by atoms with Gasteiger partial charge in [-0.2, -0.15) is 0 Å². The Kier molecular flexibility index (Phi) is 4.23. The number of hydrogen-bond donors (Lipinski definition) is 0. The van der Waals surface area contributed by atoms with Crippen LogP contribution in [-0.2, 0) is 11.8 Å². The first-order valence-electron chi connectivity index (χ1n) is 7.86. The van der Waals surface area contributed by atoms with Crippen molar-refractivity contribution in [1.29, 1.82) is 0 Å². The summed E-state index contributed by atoms with van der Waals surface area (Å²) < 4.78 is 7.02. The van der Waals surface area contributed by atoms with Gasteiger partial charge in [-0.1, -0.05) is 0 Å². The van der Waals surface area contributed by atoms with Crippen LogP contribution in [0.1, 0.15) is 17.3 Å². The largest absolute Gasteiger partial charge is 0.450 e. The molecule has 1 aromatic heterocycles. The fourth-order valence-corrected chi connectivity index (χ4v) is 2.90. The Hall–Kier alpha value is -2.50. The van der Waals surface area contributed by atoms with Crippen LogP contribution in [0.25, 0.3) is 10.9 Å². The van der Waals surface area contributed by atoms with Crippen LogP contribution in [0.15, 0.2) is 30.5 Å². The molecule has 2 heterocycles. The van der Waals surface area contributed by atoms with Gasteiger partial charge in [-0.05, 0) is 31.2 Å². The van der Waals surface area contributed by atoms with E-state index in [-0.39, 0.29) is 12.0 Å². The molecule has 1 saturated heterocycles. The van der Waals surface area contributed by atoms with Gasteiger partial charge in [0.05, 0.1) is 6.61 Å². The van der Waals surface area contributed by atoms with Gasteiger partial charge in [-0.15, -0.1) is 0 Å². The van der Waals surface area contributed by atoms with E-state index in [0.717, 1.165) is 10.9 Å². The third-order valence-corrected chi connectivity index (χ3v) is 4.23. The van der Waals surface area contributed by atoms with Crippen LogP contribution in [-0.4, -0.2) is 59.2 Å². The number of piperazine rings is 1. The Morgan fingerprint density at radius 1 is 1.09 bits per heavy atom. The molecule has 1 aliphatic heterocycles. The van der Waals surface area contributed by atoms with Crippen molar-refractivity contribution in [2.45, 2.75) is 6.92 Å². The molecule has 2 aromatic rings. The first-order valence-corrected chi connectivity index (χ1v) is 7.86. The van der Waals surface area contributed by atoms with Crippen molar-refractivity contribution in [3.63, 3.8) is 0 Å². The Balaban J connectivity index is 1.67. The highest BCUT2D eigenvalue weighted by Crippen LogP contribution is 2.18. The number of amides is 2. The second-order valence-electron chi connectivity index (χ2n) is 5.68. The molecule has 0 N–H and O–H groups in total. The SMILES string of the molecule is CCOC(=O)N1CCN(C(=O)c2ccc3c(ccn3C)c2)CC1. The Morgan fingerprint density at radius 3 is 2.48 bits per heavy atom. The number of aryl methyl sites for hydroxylation is 1. The Labute approximate surface area is 135 Å². The zero-order valence-electron chi connectivity index (χ0n) is 13.5. The lowest BCUT2D eigenvalue weighted by atomic mass is 10.1. The number of nitrogens with zero attached hydrogens (tertiary/aromatic N) is 3. The third-order valence-electron chi connectivity index (χ3n) is 4.23. The number of ether oxygens (including phenoxy) is 1. The van der Waals surface area contributed by atoms with Gasteiger partial charge in [0.15, 0.2) is 0 Å². The molecule has 0 bridgehead atoms. The minimum absolute atomic E-state index is 0.0132. The van der Waals surface area contributed by atoms with E-state index < -0.39 is 0 Å². The van der Waals surface area contributed by atoms with E-state index >= 15 is 0 Å². The molecule has 0 spiro atoms. The zero-order valence-corrected chi connectivity index (χ0v) is 13.5. The van der Waals surface area contributed by atoms with Gasteiger partial charge < -0.3 is 19.1 Å². The van der Waals surface area contributed by atoms with Gasteiger partial charge in [0.2, 0.25) is 0 Å². The summed E-state index contributed by atoms with van der Waals surface area (Å²) in [4.78, 5) is 27.8. The lowest BCUT2D eigenvalue weighted by Crippen LogP contribution is -2.50. The molecular weight excluding hydrogens is 294 g/mol. The van der Waals surface area contributed by atoms with E-state index in [1.165, 1.54) is 0 Å². The van der Waals surface area contributed by atoms with Gasteiger partial charge in [-0.25, -0.2) is 4.79 Å². The van der Waals surface area contributed by atoms with Gasteiger partial charge in [0.1, 0.15) is 0 Å². The summed E-state index contributed by atoms with van der Waals surface area (Å²) in [5.41, 5.74) is 1.79. The molecule has 0 radical (unpaired) electrons. The number of benzene rings is 1. The van der Waals surface area contributed by atoms with Crippen molar-refractivity contribution in [2.75, 3.05) is 32.8 Å². The smallest absolute Gasteiger partial charge is 0.409 e. The van der Waals surface area contributed by atoms with E-state index in [1.54, 1.807) is 16.7 Å². The maximum absolute atomic E-state index is 12.6. The lowest BCUT2D eigenvalue weighted by Gasteiger charge is -2.34. The van der Waals surface area contributed by atoms with E-state index in [2.05, 4.69) is 0 Å². The summed E-state index contributed by atoms with van der Waals surface area (Å²) in [6, 6.07) is 7.76. The Morgan fingerprint density at radius 2 is 1.78 bits per heavy atom. The molecular formula is C17H21N3O3. The molecule has 1 fully saturated rings. The fraction of sp³-hybridized carbons (Fsp3) is 0.412. The number of rotatable bonds is 2. The monoisotopic (exact) mass is 315 g/mol. The third kappa shape index (κ3) is 3.02. The number of carbonyl (C=O) groups excluding carboxylic acids is 2. The molecule has 1 aromatic carbocycles. The molecule has 3 rings (SSSR count). The molecule has 6 heteroatoms. The minimum Gasteiger partial charge on any atom is -0.450 e. The lowest BCUT2D eigenvalue weighted by molar-refractivity contribution is 0.0570. The zero-order chi connectivity index (χ0) is 16.4. The maximum Gasteiger partial charge on any atom is 0.409 e. The molecule has 0 aliphatic carbocycles. The topological polar surface area (TPSA) is 54.8 Å². The minimum atomic E-state index is -0.301. The van der Waals surface area contributed by atoms with Crippen molar-refractivity contribution in [2.24, 2.45) is 7.05 Å². The summed E-state index contributed by atoms with van der Waals surface area (Å²) >= 11 is 0. The van der Waals surface area contributed by atoms with E-state index in [9.17, 15) is 9.59 Å². The second-order valence-corrected chi connectivity index (χ2v) is 5.68. The molecule has 2 amide bonds. The van der Waals surface area contributed by atoms with Crippen LogP contribution in [0.4, 0.5) is 4.79 Å². The number of carbonyl (C=O) groups is 2. The summed E-state index contributed by atoms with van der Waals surface area (Å²) in [5, 5.41) is 1.06. The standard InChI is InChI=1S/C17H21N3O3/c1-3-23-17(22)20-10-8-19(9-11-20)16(21)14-4-5-15-13(12-14)6-7-18(15)2/h4-7,12H,3,8-11H2,1-2H3. The first-order chi connectivity index (χ1) is 11.1. The summed E-state index contributed by atoms with van der Waals surface area (Å²) in [6.45, 7) is 4.25. The van der Waals surface area contributed by atoms with Crippen LogP contribution in [0.5, 0.6) is 0 Å². The van der Waals surface area contributed by atoms with E-state index in [1.807, 2.05) is 42.1 Å². The van der Waals surface area contributed by atoms with E-state index in [4.69, 9.17) is 4.74 Å². The average Bonchev–Trinajstić information content (AvgIpc) is 2.95. The molecule has 0 saturated carbocycles. The highest BCUT2D eigenvalue weighted by molar-refractivity contribution is 5.98.